The molecule has 1 aliphatic rings. The second-order valence-electron chi connectivity index (χ2n) is 7.61. The summed E-state index contributed by atoms with van der Waals surface area (Å²) >= 11 is 0. The van der Waals surface area contributed by atoms with E-state index in [1.807, 2.05) is 67.1 Å². The summed E-state index contributed by atoms with van der Waals surface area (Å²) in [5, 5.41) is 4.70. The summed E-state index contributed by atoms with van der Waals surface area (Å²) in [5.74, 6) is 0. The van der Waals surface area contributed by atoms with E-state index in [1.165, 1.54) is 0 Å². The molecule has 1 heterocycles. The van der Waals surface area contributed by atoms with Crippen molar-refractivity contribution in [1.82, 2.24) is 9.78 Å². The Kier molecular flexibility index (Phi) is 4.98. The minimum Gasteiger partial charge on any atom is -0.279 e. The molecule has 1 fully saturated rings. The summed E-state index contributed by atoms with van der Waals surface area (Å²) in [6.45, 7) is 3.91. The topological polar surface area (TPSA) is 64.0 Å². The summed E-state index contributed by atoms with van der Waals surface area (Å²) < 4.78 is 31.2. The van der Waals surface area contributed by atoms with Crippen LogP contribution in [0.25, 0.3) is 11.3 Å². The van der Waals surface area contributed by atoms with Crippen LogP contribution in [-0.2, 0) is 10.0 Å². The average molecular weight is 396 g/mol. The molecular weight excluding hydrogens is 370 g/mol. The first kappa shape index (κ1) is 18.7. The zero-order chi connectivity index (χ0) is 19.7. The van der Waals surface area contributed by atoms with E-state index in [2.05, 4.69) is 4.72 Å². The lowest BCUT2D eigenvalue weighted by atomic mass is 10.1. The molecule has 0 atom stereocenters. The molecule has 0 amide bonds. The summed E-state index contributed by atoms with van der Waals surface area (Å²) in [6, 6.07) is 15.5. The molecule has 28 heavy (non-hydrogen) atoms. The second kappa shape index (κ2) is 7.43. The Labute approximate surface area is 166 Å². The maximum atomic E-state index is 13.3. The largest absolute Gasteiger partial charge is 0.279 e. The molecule has 3 aromatic rings. The number of benzene rings is 2. The van der Waals surface area contributed by atoms with E-state index in [9.17, 15) is 8.42 Å². The van der Waals surface area contributed by atoms with E-state index in [0.717, 1.165) is 42.4 Å². The van der Waals surface area contributed by atoms with Crippen molar-refractivity contribution in [3.8, 4) is 11.3 Å². The molecule has 1 saturated carbocycles. The molecule has 1 aromatic heterocycles. The van der Waals surface area contributed by atoms with Gasteiger partial charge in [0.15, 0.2) is 0 Å². The van der Waals surface area contributed by atoms with Crippen LogP contribution in [0.5, 0.6) is 0 Å². The number of aromatic nitrogens is 2. The van der Waals surface area contributed by atoms with Crippen LogP contribution in [0.4, 0.5) is 5.69 Å². The van der Waals surface area contributed by atoms with E-state index >= 15 is 0 Å². The maximum absolute atomic E-state index is 13.3. The predicted molar refractivity (Wildman–Crippen MR) is 112 cm³/mol. The number of hydrogen-bond donors (Lipinski definition) is 1. The lowest BCUT2D eigenvalue weighted by molar-refractivity contribution is 0.467. The van der Waals surface area contributed by atoms with Crippen molar-refractivity contribution in [2.75, 3.05) is 4.72 Å². The van der Waals surface area contributed by atoms with Gasteiger partial charge in [-0.3, -0.25) is 9.40 Å². The summed E-state index contributed by atoms with van der Waals surface area (Å²) in [7, 11) is -3.77. The number of anilines is 1. The number of aryl methyl sites for hydroxylation is 2. The highest BCUT2D eigenvalue weighted by atomic mass is 32.2. The summed E-state index contributed by atoms with van der Waals surface area (Å²) in [5.41, 5.74) is 3.92. The summed E-state index contributed by atoms with van der Waals surface area (Å²) in [4.78, 5) is 0.227. The van der Waals surface area contributed by atoms with E-state index < -0.39 is 10.0 Å². The lowest BCUT2D eigenvalue weighted by Gasteiger charge is -2.10. The third kappa shape index (κ3) is 3.83. The SMILES string of the molecule is Cc1cc(C)cc(NS(=O)(=O)c2cn(C3CCCC3)nc2-c2ccccc2)c1. The van der Waals surface area contributed by atoms with Gasteiger partial charge >= 0.3 is 0 Å². The fraction of sp³-hybridized carbons (Fsp3) is 0.318. The highest BCUT2D eigenvalue weighted by Gasteiger charge is 2.27. The summed E-state index contributed by atoms with van der Waals surface area (Å²) in [6.07, 6.45) is 6.10. The standard InChI is InChI=1S/C22H25N3O2S/c1-16-12-17(2)14-19(13-16)24-28(26,27)21-15-25(20-10-6-7-11-20)23-22(21)18-8-4-3-5-9-18/h3-5,8-9,12-15,20,24H,6-7,10-11H2,1-2H3. The highest BCUT2D eigenvalue weighted by Crippen LogP contribution is 2.34. The number of hydrogen-bond acceptors (Lipinski definition) is 3. The minimum atomic E-state index is -3.77. The molecule has 1 aliphatic carbocycles. The van der Waals surface area contributed by atoms with Gasteiger partial charge < -0.3 is 0 Å². The van der Waals surface area contributed by atoms with Crippen LogP contribution in [0, 0.1) is 13.8 Å². The molecular formula is C22H25N3O2S. The van der Waals surface area contributed by atoms with Crippen molar-refractivity contribution < 1.29 is 8.42 Å². The second-order valence-corrected chi connectivity index (χ2v) is 9.26. The Bertz CT molecular complexity index is 1060. The van der Waals surface area contributed by atoms with E-state index in [-0.39, 0.29) is 10.9 Å². The fourth-order valence-electron chi connectivity index (χ4n) is 3.97. The van der Waals surface area contributed by atoms with Crippen molar-refractivity contribution in [3.05, 3.63) is 65.9 Å². The van der Waals surface area contributed by atoms with Crippen molar-refractivity contribution in [2.45, 2.75) is 50.5 Å². The molecule has 1 N–H and O–H groups in total. The van der Waals surface area contributed by atoms with Gasteiger partial charge in [-0.15, -0.1) is 0 Å². The van der Waals surface area contributed by atoms with E-state index in [0.29, 0.717) is 11.4 Å². The number of rotatable bonds is 5. The molecule has 0 spiro atoms. The Morgan fingerprint density at radius 1 is 1.00 bits per heavy atom. The maximum Gasteiger partial charge on any atom is 0.265 e. The number of sulfonamides is 1. The smallest absolute Gasteiger partial charge is 0.265 e. The normalized spacial score (nSPS) is 15.1. The molecule has 0 radical (unpaired) electrons. The molecule has 2 aromatic carbocycles. The third-order valence-electron chi connectivity index (χ3n) is 5.21. The van der Waals surface area contributed by atoms with Gasteiger partial charge in [-0.1, -0.05) is 49.2 Å². The van der Waals surface area contributed by atoms with Crippen molar-refractivity contribution >= 4 is 15.7 Å². The number of nitrogens with one attached hydrogen (secondary N) is 1. The molecule has 0 bridgehead atoms. The highest BCUT2D eigenvalue weighted by molar-refractivity contribution is 7.92. The van der Waals surface area contributed by atoms with Crippen LogP contribution in [0.1, 0.15) is 42.9 Å². The molecule has 146 valence electrons. The molecule has 6 heteroatoms. The Balaban J connectivity index is 1.78. The molecule has 0 unspecified atom stereocenters. The molecule has 0 aliphatic heterocycles. The van der Waals surface area contributed by atoms with E-state index in [1.54, 1.807) is 6.20 Å². The van der Waals surface area contributed by atoms with Gasteiger partial charge in [0.2, 0.25) is 0 Å². The van der Waals surface area contributed by atoms with Gasteiger partial charge in [0, 0.05) is 17.4 Å². The van der Waals surface area contributed by atoms with Gasteiger partial charge in [0.1, 0.15) is 10.6 Å². The van der Waals surface area contributed by atoms with Crippen LogP contribution in [0.3, 0.4) is 0 Å². The van der Waals surface area contributed by atoms with Gasteiger partial charge in [-0.25, -0.2) is 8.42 Å². The van der Waals surface area contributed by atoms with Crippen LogP contribution < -0.4 is 4.72 Å². The van der Waals surface area contributed by atoms with Gasteiger partial charge in [0.25, 0.3) is 10.0 Å². The van der Waals surface area contributed by atoms with Gasteiger partial charge in [-0.05, 0) is 49.9 Å². The monoisotopic (exact) mass is 395 g/mol. The average Bonchev–Trinajstić information content (AvgIpc) is 3.31. The lowest BCUT2D eigenvalue weighted by Crippen LogP contribution is -2.13. The van der Waals surface area contributed by atoms with Crippen LogP contribution in [0.15, 0.2) is 59.6 Å². The van der Waals surface area contributed by atoms with Crippen molar-refractivity contribution in [2.24, 2.45) is 0 Å². The molecule has 0 saturated heterocycles. The third-order valence-corrected chi connectivity index (χ3v) is 6.59. The Morgan fingerprint density at radius 2 is 1.64 bits per heavy atom. The number of nitrogens with zero attached hydrogens (tertiary/aromatic N) is 2. The quantitative estimate of drug-likeness (QED) is 0.655. The van der Waals surface area contributed by atoms with Crippen LogP contribution >= 0.6 is 0 Å². The Hall–Kier alpha value is -2.60. The Morgan fingerprint density at radius 3 is 2.29 bits per heavy atom. The van der Waals surface area contributed by atoms with Gasteiger partial charge in [0.05, 0.1) is 6.04 Å². The van der Waals surface area contributed by atoms with Crippen molar-refractivity contribution in [3.63, 3.8) is 0 Å². The first-order valence-corrected chi connectivity index (χ1v) is 11.2. The zero-order valence-corrected chi connectivity index (χ0v) is 17.0. The predicted octanol–water partition coefficient (Wildman–Crippen LogP) is 5.08. The first-order chi connectivity index (χ1) is 13.4. The molecule has 5 nitrogen and oxygen atoms in total. The molecule has 4 rings (SSSR count). The minimum absolute atomic E-state index is 0.227. The van der Waals surface area contributed by atoms with Crippen LogP contribution in [0.2, 0.25) is 0 Å². The first-order valence-electron chi connectivity index (χ1n) is 9.68. The van der Waals surface area contributed by atoms with Crippen LogP contribution in [-0.4, -0.2) is 18.2 Å². The van der Waals surface area contributed by atoms with E-state index in [4.69, 9.17) is 5.10 Å². The fourth-order valence-corrected chi connectivity index (χ4v) is 5.17. The van der Waals surface area contributed by atoms with Crippen molar-refractivity contribution in [1.29, 1.82) is 0 Å². The zero-order valence-electron chi connectivity index (χ0n) is 16.2. The van der Waals surface area contributed by atoms with Gasteiger partial charge in [-0.2, -0.15) is 5.10 Å².